The number of hydrogen-bond acceptors (Lipinski definition) is 2. The molecule has 2 N–H and O–H groups in total. The Morgan fingerprint density at radius 1 is 1.22 bits per heavy atom. The summed E-state index contributed by atoms with van der Waals surface area (Å²) in [6.07, 6.45) is 2.18. The van der Waals surface area contributed by atoms with Crippen LogP contribution in [0.15, 0.2) is 24.3 Å². The van der Waals surface area contributed by atoms with Crippen molar-refractivity contribution in [3.63, 3.8) is 0 Å². The molecule has 0 aliphatic rings. The van der Waals surface area contributed by atoms with Gasteiger partial charge in [-0.3, -0.25) is 4.90 Å². The number of nitrogens with zero attached hydrogens (tertiary/aromatic N) is 1. The molecule has 0 aliphatic carbocycles. The van der Waals surface area contributed by atoms with Gasteiger partial charge in [0.25, 0.3) is 0 Å². The van der Waals surface area contributed by atoms with Gasteiger partial charge in [0.05, 0.1) is 0 Å². The van der Waals surface area contributed by atoms with Crippen LogP contribution in [0, 0.1) is 0 Å². The van der Waals surface area contributed by atoms with Crippen molar-refractivity contribution >= 4 is 0 Å². The van der Waals surface area contributed by atoms with Crippen molar-refractivity contribution in [3.8, 4) is 0 Å². The van der Waals surface area contributed by atoms with E-state index in [9.17, 15) is 0 Å². The molecular weight excluding hydrogens is 220 g/mol. The summed E-state index contributed by atoms with van der Waals surface area (Å²) in [7, 11) is 2.19. The summed E-state index contributed by atoms with van der Waals surface area (Å²) in [6.45, 7) is 9.67. The highest BCUT2D eigenvalue weighted by molar-refractivity contribution is 5.30. The van der Waals surface area contributed by atoms with Crippen molar-refractivity contribution in [1.82, 2.24) is 4.90 Å². The van der Waals surface area contributed by atoms with Gasteiger partial charge in [0, 0.05) is 18.1 Å². The first-order chi connectivity index (χ1) is 8.47. The number of aryl methyl sites for hydroxylation is 1. The smallest absolute Gasteiger partial charge is 0.0475 e. The molecule has 0 radical (unpaired) electrons. The first-order valence-electron chi connectivity index (χ1n) is 6.98. The summed E-state index contributed by atoms with van der Waals surface area (Å²) >= 11 is 0. The molecule has 1 aromatic rings. The Morgan fingerprint density at radius 2 is 1.83 bits per heavy atom. The van der Waals surface area contributed by atoms with Crippen molar-refractivity contribution in [2.45, 2.75) is 52.1 Å². The van der Waals surface area contributed by atoms with E-state index in [4.69, 9.17) is 5.73 Å². The zero-order chi connectivity index (χ0) is 13.8. The molecule has 0 aliphatic heterocycles. The average molecular weight is 248 g/mol. The summed E-state index contributed by atoms with van der Waals surface area (Å²) < 4.78 is 0. The lowest BCUT2D eigenvalue weighted by molar-refractivity contribution is 0.100. The van der Waals surface area contributed by atoms with E-state index in [-0.39, 0.29) is 5.54 Å². The zero-order valence-electron chi connectivity index (χ0n) is 12.5. The number of hydrogen-bond donors (Lipinski definition) is 1. The summed E-state index contributed by atoms with van der Waals surface area (Å²) in [6, 6.07) is 8.96. The number of nitrogens with two attached hydrogens (primary N) is 1. The second-order valence-corrected chi connectivity index (χ2v) is 5.58. The van der Waals surface area contributed by atoms with E-state index in [1.54, 1.807) is 0 Å². The lowest BCUT2D eigenvalue weighted by Crippen LogP contribution is -2.45. The fourth-order valence-electron chi connectivity index (χ4n) is 2.35. The predicted molar refractivity (Wildman–Crippen MR) is 79.7 cm³/mol. The summed E-state index contributed by atoms with van der Waals surface area (Å²) in [5, 5.41) is 0. The van der Waals surface area contributed by atoms with Gasteiger partial charge in [-0.05, 0) is 44.9 Å². The quantitative estimate of drug-likeness (QED) is 0.836. The van der Waals surface area contributed by atoms with Crippen LogP contribution in [0.1, 0.15) is 51.3 Å². The van der Waals surface area contributed by atoms with Gasteiger partial charge in [-0.1, -0.05) is 38.1 Å². The SMILES string of the molecule is CCc1ccccc1C(CN)N(C)C(C)(C)CC. The monoisotopic (exact) mass is 248 g/mol. The second kappa shape index (κ2) is 6.35. The molecule has 0 saturated heterocycles. The third-order valence-electron chi connectivity index (χ3n) is 4.31. The summed E-state index contributed by atoms with van der Waals surface area (Å²) in [4.78, 5) is 2.42. The van der Waals surface area contributed by atoms with Gasteiger partial charge in [-0.15, -0.1) is 0 Å². The van der Waals surface area contributed by atoms with E-state index in [0.717, 1.165) is 12.8 Å². The highest BCUT2D eigenvalue weighted by Crippen LogP contribution is 2.30. The van der Waals surface area contributed by atoms with Gasteiger partial charge < -0.3 is 5.73 Å². The maximum Gasteiger partial charge on any atom is 0.0475 e. The number of likely N-dealkylation sites (N-methyl/N-ethyl adjacent to an activating group) is 1. The zero-order valence-corrected chi connectivity index (χ0v) is 12.5. The molecule has 1 rings (SSSR count). The van der Waals surface area contributed by atoms with Gasteiger partial charge in [0.1, 0.15) is 0 Å². The topological polar surface area (TPSA) is 29.3 Å². The highest BCUT2D eigenvalue weighted by Gasteiger charge is 2.28. The standard InChI is InChI=1S/C16H28N2/c1-6-13-10-8-9-11-14(13)15(12-17)18(5)16(3,4)7-2/h8-11,15H,6-7,12,17H2,1-5H3. The fourth-order valence-corrected chi connectivity index (χ4v) is 2.35. The Kier molecular flexibility index (Phi) is 5.36. The average Bonchev–Trinajstić information content (AvgIpc) is 2.40. The Morgan fingerprint density at radius 3 is 2.33 bits per heavy atom. The van der Waals surface area contributed by atoms with Crippen molar-refractivity contribution in [3.05, 3.63) is 35.4 Å². The molecule has 102 valence electrons. The minimum atomic E-state index is 0.172. The van der Waals surface area contributed by atoms with Crippen LogP contribution >= 0.6 is 0 Å². The lowest BCUT2D eigenvalue weighted by atomic mass is 9.92. The van der Waals surface area contributed by atoms with Gasteiger partial charge in [-0.2, -0.15) is 0 Å². The van der Waals surface area contributed by atoms with Crippen LogP contribution in [-0.2, 0) is 6.42 Å². The van der Waals surface area contributed by atoms with Crippen LogP contribution < -0.4 is 5.73 Å². The van der Waals surface area contributed by atoms with E-state index < -0.39 is 0 Å². The Labute approximate surface area is 112 Å². The molecular formula is C16H28N2. The molecule has 0 spiro atoms. The summed E-state index contributed by atoms with van der Waals surface area (Å²) in [5.41, 5.74) is 9.00. The van der Waals surface area contributed by atoms with E-state index in [1.165, 1.54) is 11.1 Å². The van der Waals surface area contributed by atoms with Crippen molar-refractivity contribution in [2.24, 2.45) is 5.73 Å². The van der Waals surface area contributed by atoms with E-state index in [2.05, 4.69) is 63.9 Å². The van der Waals surface area contributed by atoms with Gasteiger partial charge >= 0.3 is 0 Å². The van der Waals surface area contributed by atoms with Crippen molar-refractivity contribution < 1.29 is 0 Å². The Hall–Kier alpha value is -0.860. The summed E-state index contributed by atoms with van der Waals surface area (Å²) in [5.74, 6) is 0. The molecule has 18 heavy (non-hydrogen) atoms. The molecule has 1 atom stereocenters. The normalized spacial score (nSPS) is 13.9. The molecule has 0 saturated carbocycles. The van der Waals surface area contributed by atoms with Crippen LogP contribution in [-0.4, -0.2) is 24.0 Å². The molecule has 1 aromatic carbocycles. The van der Waals surface area contributed by atoms with E-state index in [1.807, 2.05) is 0 Å². The molecule has 2 heteroatoms. The van der Waals surface area contributed by atoms with Crippen molar-refractivity contribution in [1.29, 1.82) is 0 Å². The predicted octanol–water partition coefficient (Wildman–Crippen LogP) is 3.37. The van der Waals surface area contributed by atoms with E-state index in [0.29, 0.717) is 12.6 Å². The lowest BCUT2D eigenvalue weighted by Gasteiger charge is -2.41. The number of rotatable bonds is 6. The fraction of sp³-hybridized carbons (Fsp3) is 0.625. The minimum Gasteiger partial charge on any atom is -0.329 e. The van der Waals surface area contributed by atoms with Gasteiger partial charge in [-0.25, -0.2) is 0 Å². The molecule has 0 fully saturated rings. The van der Waals surface area contributed by atoms with Crippen LogP contribution in [0.4, 0.5) is 0 Å². The Balaban J connectivity index is 3.10. The van der Waals surface area contributed by atoms with Gasteiger partial charge in [0.15, 0.2) is 0 Å². The molecule has 1 unspecified atom stereocenters. The maximum atomic E-state index is 6.04. The largest absolute Gasteiger partial charge is 0.329 e. The molecule has 2 nitrogen and oxygen atoms in total. The van der Waals surface area contributed by atoms with Gasteiger partial charge in [0.2, 0.25) is 0 Å². The van der Waals surface area contributed by atoms with Crippen molar-refractivity contribution in [2.75, 3.05) is 13.6 Å². The molecule has 0 amide bonds. The van der Waals surface area contributed by atoms with Crippen LogP contribution in [0.2, 0.25) is 0 Å². The highest BCUT2D eigenvalue weighted by atomic mass is 15.2. The van der Waals surface area contributed by atoms with Crippen LogP contribution in [0.3, 0.4) is 0 Å². The first kappa shape index (κ1) is 15.2. The molecule has 0 heterocycles. The third kappa shape index (κ3) is 3.12. The Bertz CT molecular complexity index is 371. The minimum absolute atomic E-state index is 0.172. The molecule has 0 aromatic heterocycles. The molecule has 0 bridgehead atoms. The van der Waals surface area contributed by atoms with Crippen LogP contribution in [0.5, 0.6) is 0 Å². The maximum absolute atomic E-state index is 6.04. The van der Waals surface area contributed by atoms with E-state index >= 15 is 0 Å². The number of benzene rings is 1. The third-order valence-corrected chi connectivity index (χ3v) is 4.31. The first-order valence-corrected chi connectivity index (χ1v) is 6.98. The second-order valence-electron chi connectivity index (χ2n) is 5.58. The van der Waals surface area contributed by atoms with Crippen LogP contribution in [0.25, 0.3) is 0 Å².